The average Bonchev–Trinajstić information content (AvgIpc) is 3.01. The summed E-state index contributed by atoms with van der Waals surface area (Å²) in [7, 11) is -4.16. The SMILES string of the molecule is O=S(=O)(N[C@H]1CCC[C@@H](N2c3ccccc3CCc3cc(F)ccc32)[C@@H]1O)c1ccc(OC(F)(F)F)cc1. The molecule has 1 aliphatic carbocycles. The minimum absolute atomic E-state index is 0.248. The number of fused-ring (bicyclic) bond motifs is 2. The molecule has 1 aliphatic heterocycles. The Hall–Kier alpha value is -3.15. The first-order chi connectivity index (χ1) is 18.0. The van der Waals surface area contributed by atoms with Crippen LogP contribution in [0.2, 0.25) is 0 Å². The second-order valence-corrected chi connectivity index (χ2v) is 11.2. The number of nitrogens with one attached hydrogen (secondary N) is 1. The smallest absolute Gasteiger partial charge is 0.406 e. The lowest BCUT2D eigenvalue weighted by Crippen LogP contribution is -2.55. The molecule has 2 N–H and O–H groups in total. The summed E-state index contributed by atoms with van der Waals surface area (Å²) in [6, 6.07) is 14.9. The highest BCUT2D eigenvalue weighted by atomic mass is 32.2. The molecule has 0 radical (unpaired) electrons. The molecule has 1 saturated carbocycles. The summed E-state index contributed by atoms with van der Waals surface area (Å²) in [4.78, 5) is 1.74. The maximum absolute atomic E-state index is 14.1. The molecule has 1 fully saturated rings. The zero-order valence-electron chi connectivity index (χ0n) is 20.2. The summed E-state index contributed by atoms with van der Waals surface area (Å²) in [6.45, 7) is 0. The molecule has 0 spiro atoms. The number of halogens is 4. The Morgan fingerprint density at radius 1 is 0.921 bits per heavy atom. The van der Waals surface area contributed by atoms with Crippen molar-refractivity contribution in [1.29, 1.82) is 0 Å². The van der Waals surface area contributed by atoms with Gasteiger partial charge in [-0.2, -0.15) is 0 Å². The summed E-state index contributed by atoms with van der Waals surface area (Å²) in [5, 5.41) is 11.5. The van der Waals surface area contributed by atoms with E-state index in [0.29, 0.717) is 32.1 Å². The van der Waals surface area contributed by atoms with Crippen molar-refractivity contribution in [2.75, 3.05) is 4.90 Å². The van der Waals surface area contributed by atoms with Crippen LogP contribution in [-0.4, -0.2) is 38.1 Å². The third kappa shape index (κ3) is 5.50. The van der Waals surface area contributed by atoms with Crippen molar-refractivity contribution in [3.8, 4) is 5.75 Å². The number of aliphatic hydroxyl groups excluding tert-OH is 1. The van der Waals surface area contributed by atoms with Gasteiger partial charge in [-0.05, 0) is 91.8 Å². The van der Waals surface area contributed by atoms with Gasteiger partial charge in [0.25, 0.3) is 0 Å². The second kappa shape index (κ2) is 10.2. The summed E-state index contributed by atoms with van der Waals surface area (Å²) in [6.07, 6.45) is -3.13. The van der Waals surface area contributed by atoms with E-state index in [2.05, 4.69) is 9.46 Å². The Labute approximate surface area is 217 Å². The highest BCUT2D eigenvalue weighted by Crippen LogP contribution is 2.41. The minimum atomic E-state index is -4.89. The number of hydrogen-bond donors (Lipinski definition) is 2. The van der Waals surface area contributed by atoms with Crippen LogP contribution in [-0.2, 0) is 22.9 Å². The Morgan fingerprint density at radius 3 is 2.34 bits per heavy atom. The van der Waals surface area contributed by atoms with Crippen molar-refractivity contribution in [2.45, 2.75) is 61.5 Å². The number of anilines is 2. The quantitative estimate of drug-likeness (QED) is 0.426. The zero-order valence-corrected chi connectivity index (χ0v) is 21.0. The molecule has 38 heavy (non-hydrogen) atoms. The van der Waals surface area contributed by atoms with Gasteiger partial charge in [-0.15, -0.1) is 13.2 Å². The number of rotatable bonds is 5. The molecule has 6 nitrogen and oxygen atoms in total. The van der Waals surface area contributed by atoms with Crippen LogP contribution in [0.1, 0.15) is 30.4 Å². The van der Waals surface area contributed by atoms with Crippen molar-refractivity contribution < 1.29 is 35.8 Å². The molecule has 3 aromatic rings. The van der Waals surface area contributed by atoms with E-state index in [0.717, 1.165) is 46.8 Å². The Kier molecular flexibility index (Phi) is 7.10. The number of alkyl halides is 3. The van der Waals surface area contributed by atoms with Crippen molar-refractivity contribution >= 4 is 21.4 Å². The Morgan fingerprint density at radius 2 is 1.61 bits per heavy atom. The lowest BCUT2D eigenvalue weighted by atomic mass is 9.86. The Balaban J connectivity index is 1.42. The topological polar surface area (TPSA) is 78.9 Å². The number of ether oxygens (including phenoxy) is 1. The van der Waals surface area contributed by atoms with E-state index in [1.165, 1.54) is 12.1 Å². The van der Waals surface area contributed by atoms with E-state index in [1.807, 2.05) is 29.2 Å². The maximum atomic E-state index is 14.1. The molecule has 0 bridgehead atoms. The molecule has 0 unspecified atom stereocenters. The molecular formula is C27H26F4N2O4S. The van der Waals surface area contributed by atoms with Gasteiger partial charge in [-0.1, -0.05) is 18.2 Å². The summed E-state index contributed by atoms with van der Waals surface area (Å²) < 4.78 is 83.9. The monoisotopic (exact) mass is 550 g/mol. The van der Waals surface area contributed by atoms with Crippen LogP contribution >= 0.6 is 0 Å². The zero-order chi connectivity index (χ0) is 27.1. The first-order valence-electron chi connectivity index (χ1n) is 12.2. The fourth-order valence-electron chi connectivity index (χ4n) is 5.36. The van der Waals surface area contributed by atoms with E-state index in [4.69, 9.17) is 0 Å². The van der Waals surface area contributed by atoms with Gasteiger partial charge in [0.15, 0.2) is 0 Å². The molecule has 0 amide bonds. The fraction of sp³-hybridized carbons (Fsp3) is 0.333. The van der Waals surface area contributed by atoms with Gasteiger partial charge >= 0.3 is 6.36 Å². The van der Waals surface area contributed by atoms with Crippen molar-refractivity contribution in [2.24, 2.45) is 0 Å². The second-order valence-electron chi connectivity index (χ2n) is 9.51. The van der Waals surface area contributed by atoms with Gasteiger partial charge in [0.1, 0.15) is 11.6 Å². The lowest BCUT2D eigenvalue weighted by Gasteiger charge is -2.43. The number of hydrogen-bond acceptors (Lipinski definition) is 5. The number of para-hydroxylation sites is 1. The van der Waals surface area contributed by atoms with Gasteiger partial charge in [0.05, 0.1) is 23.1 Å². The van der Waals surface area contributed by atoms with Crippen LogP contribution in [0, 0.1) is 5.82 Å². The molecule has 5 rings (SSSR count). The number of benzene rings is 3. The summed E-state index contributed by atoms with van der Waals surface area (Å²) in [5.41, 5.74) is 3.49. The Bertz CT molecular complexity index is 1410. The number of aliphatic hydroxyl groups is 1. The lowest BCUT2D eigenvalue weighted by molar-refractivity contribution is -0.274. The molecule has 1 heterocycles. The van der Waals surface area contributed by atoms with Crippen LogP contribution in [0.15, 0.2) is 71.6 Å². The summed E-state index contributed by atoms with van der Waals surface area (Å²) >= 11 is 0. The van der Waals surface area contributed by atoms with E-state index in [-0.39, 0.29) is 10.7 Å². The number of aryl methyl sites for hydroxylation is 2. The van der Waals surface area contributed by atoms with E-state index in [9.17, 15) is 31.1 Å². The highest BCUT2D eigenvalue weighted by molar-refractivity contribution is 7.89. The van der Waals surface area contributed by atoms with Crippen LogP contribution in [0.3, 0.4) is 0 Å². The molecule has 0 saturated heterocycles. The highest BCUT2D eigenvalue weighted by Gasteiger charge is 2.40. The van der Waals surface area contributed by atoms with Gasteiger partial charge in [0.2, 0.25) is 10.0 Å². The van der Waals surface area contributed by atoms with Crippen molar-refractivity contribution in [3.05, 3.63) is 83.7 Å². The molecule has 202 valence electrons. The van der Waals surface area contributed by atoms with E-state index >= 15 is 0 Å². The van der Waals surface area contributed by atoms with Gasteiger partial charge in [-0.25, -0.2) is 17.5 Å². The van der Waals surface area contributed by atoms with Crippen LogP contribution in [0.4, 0.5) is 28.9 Å². The predicted octanol–water partition coefficient (Wildman–Crippen LogP) is 5.22. The first kappa shape index (κ1) is 26.5. The first-order valence-corrected chi connectivity index (χ1v) is 13.7. The molecule has 3 atom stereocenters. The van der Waals surface area contributed by atoms with Gasteiger partial charge in [0, 0.05) is 11.4 Å². The van der Waals surface area contributed by atoms with Gasteiger partial charge < -0.3 is 14.7 Å². The minimum Gasteiger partial charge on any atom is -0.406 e. The molecular weight excluding hydrogens is 524 g/mol. The summed E-state index contributed by atoms with van der Waals surface area (Å²) in [5.74, 6) is -0.889. The van der Waals surface area contributed by atoms with Crippen molar-refractivity contribution in [1.82, 2.24) is 4.72 Å². The van der Waals surface area contributed by atoms with Crippen LogP contribution in [0.25, 0.3) is 0 Å². The predicted molar refractivity (Wildman–Crippen MR) is 133 cm³/mol. The molecule has 0 aromatic heterocycles. The molecule has 2 aliphatic rings. The van der Waals surface area contributed by atoms with Crippen LogP contribution in [0.5, 0.6) is 5.75 Å². The standard InChI is InChI=1S/C27H26F4N2O4S/c28-19-10-15-24-18(16-19)9-8-17-4-1-2-6-23(17)33(24)25-7-3-5-22(26(25)34)32-38(35,36)21-13-11-20(12-14-21)37-27(29,30)31/h1-2,4,6,10-16,22,25-26,32,34H,3,5,7-9H2/t22-,25+,26+/m0/s1. The van der Waals surface area contributed by atoms with Gasteiger partial charge in [-0.3, -0.25) is 0 Å². The number of nitrogens with zero attached hydrogens (tertiary/aromatic N) is 1. The number of sulfonamides is 1. The van der Waals surface area contributed by atoms with Crippen LogP contribution < -0.4 is 14.4 Å². The largest absolute Gasteiger partial charge is 0.573 e. The van der Waals surface area contributed by atoms with E-state index < -0.39 is 40.3 Å². The fourth-order valence-corrected chi connectivity index (χ4v) is 6.64. The third-order valence-electron chi connectivity index (χ3n) is 7.04. The maximum Gasteiger partial charge on any atom is 0.573 e. The average molecular weight is 551 g/mol. The third-order valence-corrected chi connectivity index (χ3v) is 8.55. The van der Waals surface area contributed by atoms with Crippen molar-refractivity contribution in [3.63, 3.8) is 0 Å². The normalized spacial score (nSPS) is 21.8. The molecule has 11 heteroatoms. The molecule has 3 aromatic carbocycles. The van der Waals surface area contributed by atoms with E-state index in [1.54, 1.807) is 6.07 Å².